The zero-order chi connectivity index (χ0) is 16.2. The van der Waals surface area contributed by atoms with Crippen molar-refractivity contribution < 1.29 is 9.59 Å². The molecule has 2 amide bonds. The molecule has 0 atom stereocenters. The van der Waals surface area contributed by atoms with Crippen molar-refractivity contribution in [3.8, 4) is 0 Å². The number of rotatable bonds is 4. The maximum Gasteiger partial charge on any atom is 0.227 e. The minimum Gasteiger partial charge on any atom is -0.325 e. The Labute approximate surface area is 136 Å². The van der Waals surface area contributed by atoms with Crippen molar-refractivity contribution in [2.75, 3.05) is 16.8 Å². The van der Waals surface area contributed by atoms with E-state index in [1.54, 1.807) is 0 Å². The molecule has 0 unspecified atom stereocenters. The van der Waals surface area contributed by atoms with Gasteiger partial charge >= 0.3 is 0 Å². The Balaban J connectivity index is 1.76. The summed E-state index contributed by atoms with van der Waals surface area (Å²) in [4.78, 5) is 25.8. The van der Waals surface area contributed by atoms with E-state index in [9.17, 15) is 9.59 Å². The molecule has 2 aromatic rings. The fourth-order valence-electron chi connectivity index (χ4n) is 3.03. The van der Waals surface area contributed by atoms with E-state index in [-0.39, 0.29) is 11.8 Å². The summed E-state index contributed by atoms with van der Waals surface area (Å²) in [5, 5.41) is 2.83. The number of hydrogen-bond acceptors (Lipinski definition) is 2. The number of anilines is 2. The molecule has 1 aliphatic rings. The SMILES string of the molecule is CC(=O)Nc1cccc2c1N(C(=O)CCc1ccccc1)CC2. The Morgan fingerprint density at radius 2 is 1.87 bits per heavy atom. The smallest absolute Gasteiger partial charge is 0.227 e. The van der Waals surface area contributed by atoms with Gasteiger partial charge in [-0.25, -0.2) is 0 Å². The molecule has 0 aromatic heterocycles. The van der Waals surface area contributed by atoms with Gasteiger partial charge in [0, 0.05) is 19.9 Å². The van der Waals surface area contributed by atoms with Crippen LogP contribution < -0.4 is 10.2 Å². The molecule has 0 saturated heterocycles. The molecule has 0 fully saturated rings. The van der Waals surface area contributed by atoms with Crippen molar-refractivity contribution in [2.45, 2.75) is 26.2 Å². The second kappa shape index (κ2) is 6.65. The zero-order valence-electron chi connectivity index (χ0n) is 13.2. The summed E-state index contributed by atoms with van der Waals surface area (Å²) in [6.45, 7) is 2.16. The lowest BCUT2D eigenvalue weighted by atomic mass is 10.1. The monoisotopic (exact) mass is 308 g/mol. The summed E-state index contributed by atoms with van der Waals surface area (Å²) in [5.41, 5.74) is 3.86. The van der Waals surface area contributed by atoms with Crippen LogP contribution in [-0.2, 0) is 22.4 Å². The molecule has 4 nitrogen and oxygen atoms in total. The van der Waals surface area contributed by atoms with Crippen molar-refractivity contribution in [3.05, 3.63) is 59.7 Å². The number of para-hydroxylation sites is 1. The third-order valence-electron chi connectivity index (χ3n) is 4.08. The van der Waals surface area contributed by atoms with E-state index >= 15 is 0 Å². The standard InChI is InChI=1S/C19H20N2O2/c1-14(22)20-17-9-5-8-16-12-13-21(19(16)17)18(23)11-10-15-6-3-2-4-7-15/h2-9H,10-13H2,1H3,(H,20,22). The minimum atomic E-state index is -0.123. The van der Waals surface area contributed by atoms with Crippen LogP contribution in [0.5, 0.6) is 0 Å². The Hall–Kier alpha value is -2.62. The van der Waals surface area contributed by atoms with Crippen LogP contribution in [0, 0.1) is 0 Å². The Kier molecular flexibility index (Phi) is 4.42. The fraction of sp³-hybridized carbons (Fsp3) is 0.263. The third kappa shape index (κ3) is 3.42. The van der Waals surface area contributed by atoms with E-state index in [0.29, 0.717) is 13.0 Å². The molecule has 0 saturated carbocycles. The van der Waals surface area contributed by atoms with Gasteiger partial charge in [-0.3, -0.25) is 9.59 Å². The van der Waals surface area contributed by atoms with Gasteiger partial charge in [0.2, 0.25) is 11.8 Å². The highest BCUT2D eigenvalue weighted by Crippen LogP contribution is 2.36. The molecule has 0 radical (unpaired) electrons. The van der Waals surface area contributed by atoms with E-state index in [2.05, 4.69) is 5.32 Å². The predicted octanol–water partition coefficient (Wildman–Crippen LogP) is 3.17. The minimum absolute atomic E-state index is 0.102. The molecule has 0 spiro atoms. The first-order valence-electron chi connectivity index (χ1n) is 7.89. The van der Waals surface area contributed by atoms with Gasteiger partial charge in [0.15, 0.2) is 0 Å². The molecule has 1 N–H and O–H groups in total. The molecule has 118 valence electrons. The highest BCUT2D eigenvalue weighted by Gasteiger charge is 2.27. The largest absolute Gasteiger partial charge is 0.325 e. The lowest BCUT2D eigenvalue weighted by Crippen LogP contribution is -2.30. The maximum absolute atomic E-state index is 12.6. The second-order valence-electron chi connectivity index (χ2n) is 5.78. The lowest BCUT2D eigenvalue weighted by molar-refractivity contribution is -0.118. The highest BCUT2D eigenvalue weighted by atomic mass is 16.2. The van der Waals surface area contributed by atoms with Crippen LogP contribution in [-0.4, -0.2) is 18.4 Å². The number of amides is 2. The van der Waals surface area contributed by atoms with Crippen molar-refractivity contribution in [3.63, 3.8) is 0 Å². The second-order valence-corrected chi connectivity index (χ2v) is 5.78. The molecule has 3 rings (SSSR count). The van der Waals surface area contributed by atoms with Gasteiger partial charge < -0.3 is 10.2 Å². The molecule has 1 aliphatic heterocycles. The van der Waals surface area contributed by atoms with Gasteiger partial charge in [0.05, 0.1) is 11.4 Å². The summed E-state index contributed by atoms with van der Waals surface area (Å²) in [6.07, 6.45) is 2.03. The highest BCUT2D eigenvalue weighted by molar-refractivity contribution is 6.02. The number of hydrogen-bond donors (Lipinski definition) is 1. The van der Waals surface area contributed by atoms with Crippen molar-refractivity contribution >= 4 is 23.2 Å². The lowest BCUT2D eigenvalue weighted by Gasteiger charge is -2.20. The first kappa shape index (κ1) is 15.3. The third-order valence-corrected chi connectivity index (χ3v) is 4.08. The Bertz CT molecular complexity index is 725. The van der Waals surface area contributed by atoms with E-state index in [1.165, 1.54) is 6.92 Å². The molecule has 1 heterocycles. The number of carbonyl (C=O) groups is 2. The number of nitrogens with zero attached hydrogens (tertiary/aromatic N) is 1. The van der Waals surface area contributed by atoms with Crippen LogP contribution >= 0.6 is 0 Å². The van der Waals surface area contributed by atoms with Crippen molar-refractivity contribution in [1.29, 1.82) is 0 Å². The van der Waals surface area contributed by atoms with Crippen LogP contribution in [0.2, 0.25) is 0 Å². The van der Waals surface area contributed by atoms with Gasteiger partial charge in [-0.2, -0.15) is 0 Å². The summed E-state index contributed by atoms with van der Waals surface area (Å²) in [7, 11) is 0. The average Bonchev–Trinajstić information content (AvgIpc) is 2.98. The number of benzene rings is 2. The molecule has 2 aromatic carbocycles. The summed E-state index contributed by atoms with van der Waals surface area (Å²) in [6, 6.07) is 15.8. The van der Waals surface area contributed by atoms with Crippen LogP contribution in [0.3, 0.4) is 0 Å². The van der Waals surface area contributed by atoms with E-state index < -0.39 is 0 Å². The van der Waals surface area contributed by atoms with E-state index in [0.717, 1.165) is 35.3 Å². The summed E-state index contributed by atoms with van der Waals surface area (Å²) in [5.74, 6) is -0.0209. The molecule has 23 heavy (non-hydrogen) atoms. The quantitative estimate of drug-likeness (QED) is 0.943. The number of aryl methyl sites for hydroxylation is 1. The molecular weight excluding hydrogens is 288 g/mol. The van der Waals surface area contributed by atoms with Crippen LogP contribution in [0.25, 0.3) is 0 Å². The average molecular weight is 308 g/mol. The summed E-state index contributed by atoms with van der Waals surface area (Å²) < 4.78 is 0. The molecule has 0 aliphatic carbocycles. The number of carbonyl (C=O) groups excluding carboxylic acids is 2. The van der Waals surface area contributed by atoms with Gasteiger partial charge in [-0.15, -0.1) is 0 Å². The van der Waals surface area contributed by atoms with Crippen molar-refractivity contribution in [1.82, 2.24) is 0 Å². The Morgan fingerprint density at radius 1 is 1.09 bits per heavy atom. The molecule has 4 heteroatoms. The van der Waals surface area contributed by atoms with E-state index in [4.69, 9.17) is 0 Å². The number of fused-ring (bicyclic) bond motifs is 1. The normalized spacial score (nSPS) is 12.8. The van der Waals surface area contributed by atoms with Crippen molar-refractivity contribution in [2.24, 2.45) is 0 Å². The van der Waals surface area contributed by atoms with Crippen LogP contribution in [0.4, 0.5) is 11.4 Å². The molecule has 0 bridgehead atoms. The Morgan fingerprint density at radius 3 is 2.61 bits per heavy atom. The maximum atomic E-state index is 12.6. The topological polar surface area (TPSA) is 49.4 Å². The predicted molar refractivity (Wildman–Crippen MR) is 91.6 cm³/mol. The molecular formula is C19H20N2O2. The van der Waals surface area contributed by atoms with E-state index in [1.807, 2.05) is 53.4 Å². The van der Waals surface area contributed by atoms with Gasteiger partial charge in [0.1, 0.15) is 0 Å². The van der Waals surface area contributed by atoms with Gasteiger partial charge in [-0.1, -0.05) is 42.5 Å². The summed E-state index contributed by atoms with van der Waals surface area (Å²) >= 11 is 0. The van der Waals surface area contributed by atoms with Gasteiger partial charge in [0.25, 0.3) is 0 Å². The van der Waals surface area contributed by atoms with Crippen LogP contribution in [0.15, 0.2) is 48.5 Å². The van der Waals surface area contributed by atoms with Gasteiger partial charge in [-0.05, 0) is 30.0 Å². The fourth-order valence-corrected chi connectivity index (χ4v) is 3.03. The van der Waals surface area contributed by atoms with Crippen LogP contribution in [0.1, 0.15) is 24.5 Å². The first-order chi connectivity index (χ1) is 11.1. The first-order valence-corrected chi connectivity index (χ1v) is 7.89. The zero-order valence-corrected chi connectivity index (χ0v) is 13.2. The number of nitrogens with one attached hydrogen (secondary N) is 1.